The lowest BCUT2D eigenvalue weighted by Gasteiger charge is -2.10. The van der Waals surface area contributed by atoms with Gasteiger partial charge in [-0.3, -0.25) is 0 Å². The van der Waals surface area contributed by atoms with Gasteiger partial charge in [0.05, 0.1) is 11.2 Å². The molecule has 6 rings (SSSR count). The average molecular weight is 381 g/mol. The number of benzene rings is 4. The number of nitrogens with zero attached hydrogens (tertiary/aromatic N) is 2. The van der Waals surface area contributed by atoms with Crippen molar-refractivity contribution in [2.24, 2.45) is 0 Å². The summed E-state index contributed by atoms with van der Waals surface area (Å²) in [7, 11) is 0. The summed E-state index contributed by atoms with van der Waals surface area (Å²) in [5.74, 6) is 0. The quantitative estimate of drug-likeness (QED) is 0.227. The Balaban J connectivity index is 1.85. The number of hydrogen-bond acceptors (Lipinski definition) is 3. The van der Waals surface area contributed by atoms with Gasteiger partial charge in [0.15, 0.2) is 0 Å². The van der Waals surface area contributed by atoms with Crippen LogP contribution in [0.3, 0.4) is 0 Å². The Morgan fingerprint density at radius 3 is 2.36 bits per heavy atom. The molecule has 28 heavy (non-hydrogen) atoms. The number of fused-ring (bicyclic) bond motifs is 6. The monoisotopic (exact) mass is 380 g/mol. The summed E-state index contributed by atoms with van der Waals surface area (Å²) in [5.41, 5.74) is 4.34. The fourth-order valence-corrected chi connectivity index (χ4v) is 4.22. The maximum Gasteiger partial charge on any atom is 0.223 e. The van der Waals surface area contributed by atoms with Gasteiger partial charge in [-0.2, -0.15) is 0 Å². The molecule has 2 heterocycles. The first-order valence-electron chi connectivity index (χ1n) is 9.05. The molecule has 4 aromatic carbocycles. The lowest BCUT2D eigenvalue weighted by molar-refractivity contribution is 0.669. The second-order valence-corrected chi connectivity index (χ2v) is 7.14. The maximum atomic E-state index is 6.32. The molecule has 0 saturated carbocycles. The Hall–Kier alpha value is -3.43. The van der Waals surface area contributed by atoms with Crippen molar-refractivity contribution in [3.05, 3.63) is 84.1 Å². The third-order valence-corrected chi connectivity index (χ3v) is 5.39. The lowest BCUT2D eigenvalue weighted by atomic mass is 9.97. The van der Waals surface area contributed by atoms with E-state index in [9.17, 15) is 0 Å². The van der Waals surface area contributed by atoms with Crippen LogP contribution in [0.25, 0.3) is 54.9 Å². The Morgan fingerprint density at radius 2 is 1.43 bits per heavy atom. The minimum absolute atomic E-state index is 0.239. The molecular weight excluding hydrogens is 368 g/mol. The number of halogens is 1. The number of hydrogen-bond donors (Lipinski definition) is 0. The largest absolute Gasteiger partial charge is 0.456 e. The molecule has 0 aliphatic carbocycles. The molecule has 0 N–H and O–H groups in total. The topological polar surface area (TPSA) is 38.9 Å². The number of furan rings is 1. The van der Waals surface area contributed by atoms with Crippen LogP contribution in [0.2, 0.25) is 5.28 Å². The molecule has 0 spiro atoms. The Kier molecular flexibility index (Phi) is 3.22. The average Bonchev–Trinajstić information content (AvgIpc) is 3.11. The molecule has 0 fully saturated rings. The van der Waals surface area contributed by atoms with E-state index < -0.39 is 0 Å². The van der Waals surface area contributed by atoms with Crippen LogP contribution >= 0.6 is 11.6 Å². The minimum Gasteiger partial charge on any atom is -0.456 e. The molecule has 0 aliphatic heterocycles. The van der Waals surface area contributed by atoms with E-state index in [1.165, 1.54) is 0 Å². The standard InChI is InChI=1S/C24H13ClN2O/c25-24-26-18-13-12-14-6-1-2-7-15(14)22(18)23(27-24)17-9-5-11-20-21(17)16-8-3-4-10-19(16)28-20/h1-13H. The lowest BCUT2D eigenvalue weighted by Crippen LogP contribution is -1.93. The molecule has 0 unspecified atom stereocenters. The third-order valence-electron chi connectivity index (χ3n) is 5.22. The van der Waals surface area contributed by atoms with Gasteiger partial charge in [0.25, 0.3) is 0 Å². The summed E-state index contributed by atoms with van der Waals surface area (Å²) in [5, 5.41) is 5.60. The van der Waals surface area contributed by atoms with Crippen LogP contribution in [0.5, 0.6) is 0 Å². The van der Waals surface area contributed by atoms with E-state index in [-0.39, 0.29) is 5.28 Å². The first kappa shape index (κ1) is 15.6. The number of aromatic nitrogens is 2. The van der Waals surface area contributed by atoms with Crippen LogP contribution in [-0.2, 0) is 0 Å². The van der Waals surface area contributed by atoms with Gasteiger partial charge in [0.1, 0.15) is 11.2 Å². The van der Waals surface area contributed by atoms with Crippen LogP contribution in [-0.4, -0.2) is 9.97 Å². The van der Waals surface area contributed by atoms with Crippen molar-refractivity contribution in [2.45, 2.75) is 0 Å². The van der Waals surface area contributed by atoms with E-state index in [0.29, 0.717) is 0 Å². The summed E-state index contributed by atoms with van der Waals surface area (Å²) in [6, 6.07) is 26.5. The summed E-state index contributed by atoms with van der Waals surface area (Å²) >= 11 is 6.32. The fraction of sp³-hybridized carbons (Fsp3) is 0. The highest BCUT2D eigenvalue weighted by Crippen LogP contribution is 2.40. The van der Waals surface area contributed by atoms with Crippen molar-refractivity contribution in [3.63, 3.8) is 0 Å². The summed E-state index contributed by atoms with van der Waals surface area (Å²) < 4.78 is 6.07. The van der Waals surface area contributed by atoms with Gasteiger partial charge in [-0.15, -0.1) is 0 Å². The minimum atomic E-state index is 0.239. The predicted molar refractivity (Wildman–Crippen MR) is 115 cm³/mol. The molecule has 4 heteroatoms. The highest BCUT2D eigenvalue weighted by Gasteiger charge is 2.17. The van der Waals surface area contributed by atoms with Crippen molar-refractivity contribution >= 4 is 55.2 Å². The first-order valence-corrected chi connectivity index (χ1v) is 9.43. The van der Waals surface area contributed by atoms with Gasteiger partial charge < -0.3 is 4.42 Å². The molecular formula is C24H13ClN2O. The second-order valence-electron chi connectivity index (χ2n) is 6.80. The molecule has 0 bridgehead atoms. The van der Waals surface area contributed by atoms with E-state index in [2.05, 4.69) is 40.3 Å². The second kappa shape index (κ2) is 5.78. The molecule has 2 aromatic heterocycles. The molecule has 0 aliphatic rings. The molecule has 0 saturated heterocycles. The first-order chi connectivity index (χ1) is 13.8. The van der Waals surface area contributed by atoms with Crippen LogP contribution in [0.15, 0.2) is 83.3 Å². The van der Waals surface area contributed by atoms with Crippen LogP contribution in [0.1, 0.15) is 0 Å². The van der Waals surface area contributed by atoms with Crippen LogP contribution in [0, 0.1) is 0 Å². The van der Waals surface area contributed by atoms with Crippen molar-refractivity contribution in [1.29, 1.82) is 0 Å². The zero-order valence-electron chi connectivity index (χ0n) is 14.7. The van der Waals surface area contributed by atoms with Crippen molar-refractivity contribution < 1.29 is 4.42 Å². The Bertz CT molecular complexity index is 1530. The van der Waals surface area contributed by atoms with E-state index >= 15 is 0 Å². The summed E-state index contributed by atoms with van der Waals surface area (Å²) in [6.07, 6.45) is 0. The molecule has 0 atom stereocenters. The van der Waals surface area contributed by atoms with Gasteiger partial charge in [-0.05, 0) is 40.6 Å². The van der Waals surface area contributed by atoms with E-state index in [0.717, 1.165) is 54.9 Å². The third kappa shape index (κ3) is 2.17. The SMILES string of the molecule is Clc1nc(-c2cccc3oc4ccccc4c23)c2c(ccc3ccccc32)n1. The zero-order valence-corrected chi connectivity index (χ0v) is 15.4. The van der Waals surface area contributed by atoms with Gasteiger partial charge in [-0.25, -0.2) is 9.97 Å². The molecule has 6 aromatic rings. The van der Waals surface area contributed by atoms with Crippen molar-refractivity contribution in [2.75, 3.05) is 0 Å². The van der Waals surface area contributed by atoms with E-state index in [4.69, 9.17) is 16.0 Å². The highest BCUT2D eigenvalue weighted by atomic mass is 35.5. The van der Waals surface area contributed by atoms with Gasteiger partial charge in [-0.1, -0.05) is 60.7 Å². The normalized spacial score (nSPS) is 11.8. The van der Waals surface area contributed by atoms with Gasteiger partial charge in [0, 0.05) is 21.7 Å². The molecule has 132 valence electrons. The molecule has 0 amide bonds. The smallest absolute Gasteiger partial charge is 0.223 e. The van der Waals surface area contributed by atoms with Gasteiger partial charge in [0.2, 0.25) is 5.28 Å². The van der Waals surface area contributed by atoms with Crippen molar-refractivity contribution in [3.8, 4) is 11.3 Å². The Morgan fingerprint density at radius 1 is 0.643 bits per heavy atom. The summed E-state index contributed by atoms with van der Waals surface area (Å²) in [6.45, 7) is 0. The predicted octanol–water partition coefficient (Wildman–Crippen LogP) is 7.00. The van der Waals surface area contributed by atoms with Crippen LogP contribution < -0.4 is 0 Å². The summed E-state index contributed by atoms with van der Waals surface area (Å²) in [4.78, 5) is 9.14. The molecule has 0 radical (unpaired) electrons. The van der Waals surface area contributed by atoms with Gasteiger partial charge >= 0.3 is 0 Å². The zero-order chi connectivity index (χ0) is 18.7. The van der Waals surface area contributed by atoms with Crippen molar-refractivity contribution in [1.82, 2.24) is 9.97 Å². The fourth-order valence-electron chi connectivity index (χ4n) is 4.04. The number of para-hydroxylation sites is 1. The molecule has 3 nitrogen and oxygen atoms in total. The van der Waals surface area contributed by atoms with E-state index in [1.807, 2.05) is 48.5 Å². The van der Waals surface area contributed by atoms with E-state index in [1.54, 1.807) is 0 Å². The van der Waals surface area contributed by atoms with Crippen LogP contribution in [0.4, 0.5) is 0 Å². The maximum absolute atomic E-state index is 6.32. The number of rotatable bonds is 1. The Labute approximate surface area is 165 Å². The highest BCUT2D eigenvalue weighted by molar-refractivity contribution is 6.29.